The van der Waals surface area contributed by atoms with Crippen LogP contribution in [0, 0.1) is 0 Å². The van der Waals surface area contributed by atoms with Gasteiger partial charge < -0.3 is 10.2 Å². The molecule has 1 unspecified atom stereocenters. The lowest BCUT2D eigenvalue weighted by molar-refractivity contribution is 0.623. The number of hydrogen-bond acceptors (Lipinski definition) is 5. The summed E-state index contributed by atoms with van der Waals surface area (Å²) in [7, 11) is 0. The summed E-state index contributed by atoms with van der Waals surface area (Å²) in [6.45, 7) is 6.31. The predicted molar refractivity (Wildman–Crippen MR) is 92.3 cm³/mol. The second-order valence-electron chi connectivity index (χ2n) is 5.21. The summed E-state index contributed by atoms with van der Waals surface area (Å²) in [4.78, 5) is 12.7. The fourth-order valence-electron chi connectivity index (χ4n) is 2.73. The van der Waals surface area contributed by atoms with Crippen LogP contribution in [0.1, 0.15) is 36.8 Å². The fraction of sp³-hybridized carbons (Fsp3) is 0.467. The van der Waals surface area contributed by atoms with Gasteiger partial charge in [-0.05, 0) is 52.7 Å². The summed E-state index contributed by atoms with van der Waals surface area (Å²) in [5.41, 5.74) is 1.43. The molecule has 1 atom stereocenters. The van der Waals surface area contributed by atoms with Crippen LogP contribution in [0.15, 0.2) is 22.2 Å². The van der Waals surface area contributed by atoms with E-state index in [2.05, 4.69) is 61.4 Å². The van der Waals surface area contributed by atoms with Crippen molar-refractivity contribution in [1.82, 2.24) is 9.97 Å². The first-order valence-corrected chi connectivity index (χ1v) is 8.97. The first-order valence-electron chi connectivity index (χ1n) is 7.29. The molecule has 0 fully saturated rings. The number of nitrogens with one attached hydrogen (secondary N) is 1. The summed E-state index contributed by atoms with van der Waals surface area (Å²) in [5, 5.41) is 5.54. The van der Waals surface area contributed by atoms with Crippen molar-refractivity contribution in [2.45, 2.75) is 32.7 Å². The highest BCUT2D eigenvalue weighted by atomic mass is 79.9. The van der Waals surface area contributed by atoms with Gasteiger partial charge in [0.2, 0.25) is 0 Å². The van der Waals surface area contributed by atoms with Crippen LogP contribution in [0.4, 0.5) is 11.6 Å². The zero-order valence-corrected chi connectivity index (χ0v) is 14.7. The highest BCUT2D eigenvalue weighted by Gasteiger charge is 2.27. The number of hydrogen-bond donors (Lipinski definition) is 1. The molecule has 4 nitrogen and oxygen atoms in total. The van der Waals surface area contributed by atoms with Crippen molar-refractivity contribution in [3.05, 3.63) is 32.7 Å². The molecule has 6 heteroatoms. The van der Waals surface area contributed by atoms with Gasteiger partial charge in [-0.15, -0.1) is 11.3 Å². The molecule has 1 aliphatic rings. The molecule has 0 saturated heterocycles. The Hall–Kier alpha value is -1.14. The number of fused-ring (bicyclic) bond motifs is 1. The molecule has 0 bridgehead atoms. The molecule has 0 aliphatic carbocycles. The molecule has 1 N–H and O–H groups in total. The molecule has 0 spiro atoms. The normalized spacial score (nSPS) is 17.7. The number of rotatable bonds is 4. The molecule has 21 heavy (non-hydrogen) atoms. The molecule has 3 rings (SSSR count). The summed E-state index contributed by atoms with van der Waals surface area (Å²) >= 11 is 5.54. The van der Waals surface area contributed by atoms with Crippen molar-refractivity contribution in [2.24, 2.45) is 0 Å². The Kier molecular flexibility index (Phi) is 4.45. The Morgan fingerprint density at radius 2 is 2.33 bits per heavy atom. The molecule has 0 amide bonds. The lowest BCUT2D eigenvalue weighted by Gasteiger charge is -2.35. The lowest BCUT2D eigenvalue weighted by atomic mass is 10.0. The Bertz CT molecular complexity index is 628. The van der Waals surface area contributed by atoms with E-state index >= 15 is 0 Å². The Morgan fingerprint density at radius 1 is 1.48 bits per heavy atom. The first-order chi connectivity index (χ1) is 10.2. The topological polar surface area (TPSA) is 41.1 Å². The number of anilines is 2. The van der Waals surface area contributed by atoms with Crippen molar-refractivity contribution in [1.29, 1.82) is 0 Å². The van der Waals surface area contributed by atoms with E-state index in [1.54, 1.807) is 6.33 Å². The molecule has 2 aromatic rings. The quantitative estimate of drug-likeness (QED) is 0.877. The smallest absolute Gasteiger partial charge is 0.149 e. The van der Waals surface area contributed by atoms with E-state index in [4.69, 9.17) is 0 Å². The fourth-order valence-corrected chi connectivity index (χ4v) is 4.26. The molecule has 3 heterocycles. The van der Waals surface area contributed by atoms with Crippen LogP contribution in [-0.2, 0) is 6.42 Å². The third kappa shape index (κ3) is 2.79. The average molecular weight is 367 g/mol. The van der Waals surface area contributed by atoms with Gasteiger partial charge in [-0.25, -0.2) is 9.97 Å². The Labute approximate surface area is 137 Å². The van der Waals surface area contributed by atoms with Crippen molar-refractivity contribution in [3.63, 3.8) is 0 Å². The van der Waals surface area contributed by atoms with E-state index in [-0.39, 0.29) is 0 Å². The minimum absolute atomic E-state index is 0.352. The monoisotopic (exact) mass is 366 g/mol. The maximum absolute atomic E-state index is 4.51. The SMILES string of the molecule is CCCNc1ncnc(N2CCc3sccc3C2C)c1Br. The van der Waals surface area contributed by atoms with E-state index in [1.807, 2.05) is 11.3 Å². The highest BCUT2D eigenvalue weighted by molar-refractivity contribution is 9.10. The van der Waals surface area contributed by atoms with Crippen LogP contribution in [0.3, 0.4) is 0 Å². The second kappa shape index (κ2) is 6.32. The van der Waals surface area contributed by atoms with Gasteiger partial charge in [-0.1, -0.05) is 6.92 Å². The van der Waals surface area contributed by atoms with E-state index in [1.165, 1.54) is 10.4 Å². The summed E-state index contributed by atoms with van der Waals surface area (Å²) in [6, 6.07) is 2.59. The van der Waals surface area contributed by atoms with Crippen LogP contribution >= 0.6 is 27.3 Å². The van der Waals surface area contributed by atoms with Gasteiger partial charge in [-0.3, -0.25) is 0 Å². The van der Waals surface area contributed by atoms with Gasteiger partial charge in [0.15, 0.2) is 0 Å². The minimum atomic E-state index is 0.352. The van der Waals surface area contributed by atoms with Crippen LogP contribution < -0.4 is 10.2 Å². The summed E-state index contributed by atoms with van der Waals surface area (Å²) < 4.78 is 0.962. The van der Waals surface area contributed by atoms with Crippen LogP contribution in [0.2, 0.25) is 0 Å². The van der Waals surface area contributed by atoms with E-state index in [0.717, 1.165) is 42.0 Å². The van der Waals surface area contributed by atoms with Gasteiger partial charge in [0.1, 0.15) is 22.4 Å². The molecule has 0 radical (unpaired) electrons. The summed E-state index contributed by atoms with van der Waals surface area (Å²) in [5.74, 6) is 1.86. The minimum Gasteiger partial charge on any atom is -0.369 e. The second-order valence-corrected chi connectivity index (χ2v) is 7.00. The van der Waals surface area contributed by atoms with Crippen LogP contribution in [0.5, 0.6) is 0 Å². The molecular weight excluding hydrogens is 348 g/mol. The molecule has 0 saturated carbocycles. The standard InChI is InChI=1S/C15H19BrN4S/c1-3-6-17-14-13(16)15(19-9-18-14)20-7-4-12-11(10(20)2)5-8-21-12/h5,8-10H,3-4,6-7H2,1-2H3,(H,17,18,19). The Morgan fingerprint density at radius 3 is 3.14 bits per heavy atom. The van der Waals surface area contributed by atoms with Gasteiger partial charge in [0.25, 0.3) is 0 Å². The number of nitrogens with zero attached hydrogens (tertiary/aromatic N) is 3. The number of thiophene rings is 1. The molecule has 1 aliphatic heterocycles. The van der Waals surface area contributed by atoms with Gasteiger partial charge >= 0.3 is 0 Å². The maximum Gasteiger partial charge on any atom is 0.149 e. The molecule has 2 aromatic heterocycles. The maximum atomic E-state index is 4.51. The van der Waals surface area contributed by atoms with Gasteiger partial charge in [0.05, 0.1) is 6.04 Å². The first kappa shape index (κ1) is 14.8. The van der Waals surface area contributed by atoms with Crippen LogP contribution in [-0.4, -0.2) is 23.1 Å². The van der Waals surface area contributed by atoms with E-state index < -0.39 is 0 Å². The van der Waals surface area contributed by atoms with Crippen molar-refractivity contribution < 1.29 is 0 Å². The van der Waals surface area contributed by atoms with E-state index in [0.29, 0.717) is 6.04 Å². The third-order valence-corrected chi connectivity index (χ3v) is 5.59. The zero-order chi connectivity index (χ0) is 14.8. The molecular formula is C15H19BrN4S. The summed E-state index contributed by atoms with van der Waals surface area (Å²) in [6.07, 6.45) is 3.81. The number of aromatic nitrogens is 2. The molecule has 0 aromatic carbocycles. The molecule has 112 valence electrons. The average Bonchev–Trinajstić information content (AvgIpc) is 2.97. The third-order valence-electron chi connectivity index (χ3n) is 3.86. The van der Waals surface area contributed by atoms with E-state index in [9.17, 15) is 0 Å². The number of halogens is 1. The van der Waals surface area contributed by atoms with Gasteiger partial charge in [-0.2, -0.15) is 0 Å². The van der Waals surface area contributed by atoms with Crippen molar-refractivity contribution in [2.75, 3.05) is 23.3 Å². The van der Waals surface area contributed by atoms with Gasteiger partial charge in [0, 0.05) is 18.0 Å². The Balaban J connectivity index is 1.91. The van der Waals surface area contributed by atoms with Crippen molar-refractivity contribution in [3.8, 4) is 0 Å². The van der Waals surface area contributed by atoms with Crippen LogP contribution in [0.25, 0.3) is 0 Å². The highest BCUT2D eigenvalue weighted by Crippen LogP contribution is 2.39. The lowest BCUT2D eigenvalue weighted by Crippen LogP contribution is -2.34. The predicted octanol–water partition coefficient (Wildman–Crippen LogP) is 4.25. The zero-order valence-electron chi connectivity index (χ0n) is 12.3. The largest absolute Gasteiger partial charge is 0.369 e. The van der Waals surface area contributed by atoms with Crippen molar-refractivity contribution >= 4 is 38.9 Å².